The van der Waals surface area contributed by atoms with Gasteiger partial charge in [-0.2, -0.15) is 0 Å². The maximum absolute atomic E-state index is 6.43. The van der Waals surface area contributed by atoms with Crippen molar-refractivity contribution in [2.75, 3.05) is 11.9 Å². The third kappa shape index (κ3) is 2.48. The Bertz CT molecular complexity index is 762. The van der Waals surface area contributed by atoms with E-state index in [1.54, 1.807) is 11.3 Å². The normalized spacial score (nSPS) is 31.7. The van der Waals surface area contributed by atoms with Crippen LogP contribution in [0.1, 0.15) is 48.9 Å². The highest BCUT2D eigenvalue weighted by Gasteiger charge is 2.44. The first-order valence-corrected chi connectivity index (χ1v) is 10.3. The summed E-state index contributed by atoms with van der Waals surface area (Å²) in [6.45, 7) is 2.10. The van der Waals surface area contributed by atoms with E-state index in [9.17, 15) is 0 Å². The summed E-state index contributed by atoms with van der Waals surface area (Å²) >= 11 is 1.72. The number of aromatic nitrogens is 1. The quantitative estimate of drug-likeness (QED) is 0.800. The summed E-state index contributed by atoms with van der Waals surface area (Å²) in [6.07, 6.45) is 6.52. The molecule has 0 spiro atoms. The van der Waals surface area contributed by atoms with Crippen molar-refractivity contribution in [2.45, 2.75) is 63.4 Å². The van der Waals surface area contributed by atoms with E-state index >= 15 is 0 Å². The number of piperidine rings is 2. The molecular weight excluding hydrogens is 330 g/mol. The van der Waals surface area contributed by atoms with E-state index in [-0.39, 0.29) is 6.23 Å². The van der Waals surface area contributed by atoms with Gasteiger partial charge in [0.25, 0.3) is 0 Å². The number of hydrogen-bond acceptors (Lipinski definition) is 5. The number of aryl methyl sites for hydroxylation is 1. The summed E-state index contributed by atoms with van der Waals surface area (Å²) in [5.74, 6) is 1.02. The van der Waals surface area contributed by atoms with E-state index in [0.29, 0.717) is 18.1 Å². The molecule has 5 rings (SSSR count). The Labute approximate surface area is 153 Å². The molecule has 3 aliphatic rings. The van der Waals surface area contributed by atoms with Crippen molar-refractivity contribution >= 4 is 17.0 Å². The van der Waals surface area contributed by atoms with Crippen molar-refractivity contribution in [2.24, 2.45) is 0 Å². The lowest BCUT2D eigenvalue weighted by Crippen LogP contribution is -2.55. The Morgan fingerprint density at radius 1 is 1.12 bits per heavy atom. The zero-order valence-corrected chi connectivity index (χ0v) is 15.7. The second-order valence-corrected chi connectivity index (χ2v) is 8.56. The van der Waals surface area contributed by atoms with E-state index < -0.39 is 0 Å². The average molecular weight is 356 g/mol. The van der Waals surface area contributed by atoms with E-state index in [4.69, 9.17) is 4.74 Å². The molecule has 2 fully saturated rings. The third-order valence-electron chi connectivity index (χ3n) is 6.35. The minimum Gasteiger partial charge on any atom is -0.463 e. The minimum atomic E-state index is -0.0148. The first-order chi connectivity index (χ1) is 12.2. The van der Waals surface area contributed by atoms with Crippen LogP contribution in [0.2, 0.25) is 0 Å². The average Bonchev–Trinajstić information content (AvgIpc) is 3.17. The van der Waals surface area contributed by atoms with Gasteiger partial charge in [-0.15, -0.1) is 11.3 Å². The molecule has 5 heteroatoms. The fraction of sp³-hybridized carbons (Fsp3) is 0.550. The van der Waals surface area contributed by atoms with Gasteiger partial charge in [-0.1, -0.05) is 18.6 Å². The van der Waals surface area contributed by atoms with Gasteiger partial charge >= 0.3 is 0 Å². The molecule has 2 bridgehead atoms. The van der Waals surface area contributed by atoms with Gasteiger partial charge in [0.1, 0.15) is 5.75 Å². The van der Waals surface area contributed by atoms with E-state index in [0.717, 1.165) is 11.4 Å². The molecule has 1 aromatic heterocycles. The van der Waals surface area contributed by atoms with Crippen LogP contribution in [-0.4, -0.2) is 35.1 Å². The molecule has 0 amide bonds. The molecule has 25 heavy (non-hydrogen) atoms. The molecule has 3 aliphatic heterocycles. The van der Waals surface area contributed by atoms with Crippen LogP contribution in [0.5, 0.6) is 5.75 Å². The first-order valence-electron chi connectivity index (χ1n) is 9.38. The standard InChI is InChI=1S/C20H25N3OS/c1-13-19(25-12-21-13)20-23(17-8-3-4-9-18(17)24-20)16-10-14-6-5-7-15(11-16)22(14)2/h3-4,8-9,12,14-16,20H,5-7,10-11H2,1-2H3. The summed E-state index contributed by atoms with van der Waals surface area (Å²) in [5, 5.41) is 0. The number of ether oxygens (including phenoxy) is 1. The lowest BCUT2D eigenvalue weighted by Gasteiger charge is -2.50. The smallest absolute Gasteiger partial charge is 0.210 e. The van der Waals surface area contributed by atoms with Crippen molar-refractivity contribution in [1.82, 2.24) is 9.88 Å². The fourth-order valence-electron chi connectivity index (χ4n) is 5.00. The predicted molar refractivity (Wildman–Crippen MR) is 101 cm³/mol. The van der Waals surface area contributed by atoms with Gasteiger partial charge in [-0.25, -0.2) is 4.98 Å². The van der Waals surface area contributed by atoms with Gasteiger partial charge in [-0.05, 0) is 51.8 Å². The lowest BCUT2D eigenvalue weighted by molar-refractivity contribution is 0.0484. The summed E-state index contributed by atoms with van der Waals surface area (Å²) in [7, 11) is 2.32. The van der Waals surface area contributed by atoms with Crippen LogP contribution >= 0.6 is 11.3 Å². The minimum absolute atomic E-state index is 0.0148. The number of para-hydroxylation sites is 2. The van der Waals surface area contributed by atoms with Gasteiger partial charge in [-0.3, -0.25) is 0 Å². The van der Waals surface area contributed by atoms with Crippen LogP contribution in [0.4, 0.5) is 5.69 Å². The van der Waals surface area contributed by atoms with Crippen LogP contribution in [0.15, 0.2) is 29.8 Å². The molecule has 132 valence electrons. The van der Waals surface area contributed by atoms with Gasteiger partial charge in [0.05, 0.1) is 21.8 Å². The second-order valence-electron chi connectivity index (χ2n) is 7.68. The van der Waals surface area contributed by atoms with Gasteiger partial charge in [0.2, 0.25) is 6.23 Å². The highest BCUT2D eigenvalue weighted by Crippen LogP contribution is 2.49. The number of thiazole rings is 1. The Morgan fingerprint density at radius 3 is 2.60 bits per heavy atom. The third-order valence-corrected chi connectivity index (χ3v) is 7.31. The van der Waals surface area contributed by atoms with Gasteiger partial charge in [0, 0.05) is 18.1 Å². The van der Waals surface area contributed by atoms with E-state index in [1.807, 2.05) is 5.51 Å². The first kappa shape index (κ1) is 15.6. The van der Waals surface area contributed by atoms with Crippen LogP contribution in [-0.2, 0) is 0 Å². The SMILES string of the molecule is Cc1ncsc1C1Oc2ccccc2N1C1CC2CCCC(C1)N2C. The largest absolute Gasteiger partial charge is 0.463 e. The van der Waals surface area contributed by atoms with Crippen LogP contribution in [0.3, 0.4) is 0 Å². The molecule has 4 heterocycles. The van der Waals surface area contributed by atoms with Crippen LogP contribution in [0.25, 0.3) is 0 Å². The maximum atomic E-state index is 6.43. The molecule has 0 N–H and O–H groups in total. The highest BCUT2D eigenvalue weighted by molar-refractivity contribution is 7.09. The van der Waals surface area contributed by atoms with Crippen molar-refractivity contribution in [3.05, 3.63) is 40.3 Å². The monoisotopic (exact) mass is 355 g/mol. The summed E-state index contributed by atoms with van der Waals surface area (Å²) in [6, 6.07) is 10.5. The van der Waals surface area contributed by atoms with Gasteiger partial charge < -0.3 is 14.5 Å². The molecule has 3 unspecified atom stereocenters. The Hall–Kier alpha value is -1.59. The molecule has 4 nitrogen and oxygen atoms in total. The molecule has 1 aromatic carbocycles. The number of rotatable bonds is 2. The summed E-state index contributed by atoms with van der Waals surface area (Å²) < 4.78 is 6.43. The molecule has 2 saturated heterocycles. The topological polar surface area (TPSA) is 28.6 Å². The second kappa shape index (κ2) is 5.99. The summed E-state index contributed by atoms with van der Waals surface area (Å²) in [4.78, 5) is 10.9. The number of fused-ring (bicyclic) bond motifs is 3. The molecule has 2 aromatic rings. The van der Waals surface area contributed by atoms with E-state index in [2.05, 4.69) is 53.0 Å². The number of anilines is 1. The fourth-order valence-corrected chi connectivity index (χ4v) is 5.83. The molecule has 0 saturated carbocycles. The number of benzene rings is 1. The number of hydrogen-bond donors (Lipinski definition) is 0. The molecule has 3 atom stereocenters. The van der Waals surface area contributed by atoms with Crippen molar-refractivity contribution in [3.8, 4) is 5.75 Å². The van der Waals surface area contributed by atoms with Crippen molar-refractivity contribution in [3.63, 3.8) is 0 Å². The highest BCUT2D eigenvalue weighted by atomic mass is 32.1. The number of nitrogens with zero attached hydrogens (tertiary/aromatic N) is 3. The Morgan fingerprint density at radius 2 is 1.88 bits per heavy atom. The Kier molecular flexibility index (Phi) is 3.75. The maximum Gasteiger partial charge on any atom is 0.210 e. The van der Waals surface area contributed by atoms with E-state index in [1.165, 1.54) is 42.7 Å². The zero-order chi connectivity index (χ0) is 17.0. The molecule has 0 aliphatic carbocycles. The predicted octanol–water partition coefficient (Wildman–Crippen LogP) is 4.36. The van der Waals surface area contributed by atoms with Crippen molar-refractivity contribution < 1.29 is 4.74 Å². The van der Waals surface area contributed by atoms with Crippen LogP contribution < -0.4 is 9.64 Å². The zero-order valence-electron chi connectivity index (χ0n) is 14.9. The lowest BCUT2D eigenvalue weighted by atomic mass is 9.81. The van der Waals surface area contributed by atoms with Gasteiger partial charge in [0.15, 0.2) is 0 Å². The summed E-state index contributed by atoms with van der Waals surface area (Å²) in [5.41, 5.74) is 4.30. The molecular formula is C20H25N3OS. The van der Waals surface area contributed by atoms with Crippen molar-refractivity contribution in [1.29, 1.82) is 0 Å². The van der Waals surface area contributed by atoms with Crippen LogP contribution in [0, 0.1) is 6.92 Å². The Balaban J connectivity index is 1.53. The molecule has 0 radical (unpaired) electrons.